The molecule has 0 aliphatic rings. The normalized spacial score (nSPS) is 11.3. The maximum absolute atomic E-state index is 13.3. The summed E-state index contributed by atoms with van der Waals surface area (Å²) < 4.78 is 1.48. The van der Waals surface area contributed by atoms with Gasteiger partial charge in [0, 0.05) is 23.1 Å². The van der Waals surface area contributed by atoms with E-state index in [2.05, 4.69) is 4.98 Å². The lowest BCUT2D eigenvalue weighted by atomic mass is 10.1. The number of non-ortho nitro benzene ring substituents is 1. The van der Waals surface area contributed by atoms with Crippen LogP contribution in [0.15, 0.2) is 77.6 Å². The van der Waals surface area contributed by atoms with E-state index in [4.69, 9.17) is 4.98 Å². The Hall–Kier alpha value is -4.13. The number of hydrogen-bond donors (Lipinski definition) is 0. The molecule has 134 valence electrons. The smallest absolute Gasteiger partial charge is 0.268 e. The first kappa shape index (κ1) is 16.1. The number of nitro groups is 1. The fraction of sp³-hybridized carbons (Fsp3) is 0. The van der Waals surface area contributed by atoms with E-state index in [1.54, 1.807) is 30.3 Å². The first-order chi connectivity index (χ1) is 13.6. The van der Waals surface area contributed by atoms with Crippen LogP contribution in [-0.4, -0.2) is 19.3 Å². The van der Waals surface area contributed by atoms with Crippen LogP contribution in [0, 0.1) is 10.1 Å². The Morgan fingerprint density at radius 3 is 2.07 bits per heavy atom. The van der Waals surface area contributed by atoms with Gasteiger partial charge in [0.2, 0.25) is 0 Å². The van der Waals surface area contributed by atoms with E-state index in [1.165, 1.54) is 16.5 Å². The molecular weight excluding hydrogens is 356 g/mol. The summed E-state index contributed by atoms with van der Waals surface area (Å²) in [5, 5.41) is 12.2. The summed E-state index contributed by atoms with van der Waals surface area (Å²) in [6.45, 7) is 0. The van der Waals surface area contributed by atoms with Crippen molar-refractivity contribution in [1.29, 1.82) is 0 Å². The van der Waals surface area contributed by atoms with Crippen LogP contribution in [0.2, 0.25) is 0 Å². The number of rotatable bonds is 2. The fourth-order valence-electron chi connectivity index (χ4n) is 3.36. The van der Waals surface area contributed by atoms with E-state index in [0.29, 0.717) is 33.5 Å². The third-order valence-corrected chi connectivity index (χ3v) is 4.70. The van der Waals surface area contributed by atoms with Crippen molar-refractivity contribution in [2.45, 2.75) is 0 Å². The number of fused-ring (bicyclic) bond motifs is 4. The largest absolute Gasteiger partial charge is 0.269 e. The topological polar surface area (TPSA) is 90.4 Å². The standard InChI is InChI=1S/C21H12N4O3/c26-21-16-6-2-4-8-18(16)23-20-15-5-1-3-7-17(15)22-19(24(20)21)13-9-11-14(12-10-13)25(27)28/h1-12H. The molecule has 0 radical (unpaired) electrons. The lowest BCUT2D eigenvalue weighted by molar-refractivity contribution is -0.384. The minimum atomic E-state index is -0.461. The lowest BCUT2D eigenvalue weighted by Gasteiger charge is -2.12. The molecule has 0 unspecified atom stereocenters. The molecule has 0 bridgehead atoms. The number of para-hydroxylation sites is 2. The first-order valence-electron chi connectivity index (χ1n) is 8.58. The van der Waals surface area contributed by atoms with E-state index in [-0.39, 0.29) is 11.2 Å². The number of nitrogens with zero attached hydrogens (tertiary/aromatic N) is 4. The molecule has 0 aliphatic carbocycles. The number of hydrogen-bond acceptors (Lipinski definition) is 5. The third-order valence-electron chi connectivity index (χ3n) is 4.70. The Bertz CT molecular complexity index is 1460. The molecule has 0 saturated carbocycles. The second-order valence-electron chi connectivity index (χ2n) is 6.35. The monoisotopic (exact) mass is 368 g/mol. The van der Waals surface area contributed by atoms with Gasteiger partial charge >= 0.3 is 0 Å². The number of benzene rings is 3. The maximum atomic E-state index is 13.3. The molecule has 5 aromatic rings. The summed E-state index contributed by atoms with van der Waals surface area (Å²) in [5.41, 5.74) is 2.15. The molecule has 0 atom stereocenters. The summed E-state index contributed by atoms with van der Waals surface area (Å²) in [5.74, 6) is 0.395. The Labute approximate surface area is 157 Å². The molecule has 28 heavy (non-hydrogen) atoms. The molecule has 0 N–H and O–H groups in total. The minimum absolute atomic E-state index is 0.0234. The molecule has 2 heterocycles. The Morgan fingerprint density at radius 1 is 0.786 bits per heavy atom. The zero-order valence-electron chi connectivity index (χ0n) is 14.4. The van der Waals surface area contributed by atoms with Gasteiger partial charge < -0.3 is 0 Å². The quantitative estimate of drug-likeness (QED) is 0.203. The van der Waals surface area contributed by atoms with Gasteiger partial charge in [-0.3, -0.25) is 14.9 Å². The van der Waals surface area contributed by atoms with Gasteiger partial charge in [0.25, 0.3) is 11.2 Å². The van der Waals surface area contributed by atoms with Gasteiger partial charge in [-0.2, -0.15) is 0 Å². The first-order valence-corrected chi connectivity index (χ1v) is 8.58. The van der Waals surface area contributed by atoms with E-state index < -0.39 is 4.92 Å². The second kappa shape index (κ2) is 5.95. The van der Waals surface area contributed by atoms with Crippen molar-refractivity contribution in [3.05, 3.63) is 93.3 Å². The molecule has 7 nitrogen and oxygen atoms in total. The third kappa shape index (κ3) is 2.34. The van der Waals surface area contributed by atoms with Gasteiger partial charge in [-0.25, -0.2) is 14.4 Å². The molecule has 0 amide bonds. The number of aromatic nitrogens is 3. The molecule has 2 aromatic heterocycles. The van der Waals surface area contributed by atoms with Crippen molar-refractivity contribution in [2.75, 3.05) is 0 Å². The van der Waals surface area contributed by atoms with E-state index in [0.717, 1.165) is 5.39 Å². The second-order valence-corrected chi connectivity index (χ2v) is 6.35. The van der Waals surface area contributed by atoms with Crippen LogP contribution in [0.5, 0.6) is 0 Å². The van der Waals surface area contributed by atoms with Crippen molar-refractivity contribution in [2.24, 2.45) is 0 Å². The summed E-state index contributed by atoms with van der Waals surface area (Å²) in [4.78, 5) is 33.2. The molecule has 7 heteroatoms. The Balaban J connectivity index is 1.96. The van der Waals surface area contributed by atoms with Crippen LogP contribution in [0.25, 0.3) is 38.8 Å². The average molecular weight is 368 g/mol. The van der Waals surface area contributed by atoms with Gasteiger partial charge in [-0.05, 0) is 36.4 Å². The van der Waals surface area contributed by atoms with E-state index in [1.807, 2.05) is 30.3 Å². The fourth-order valence-corrected chi connectivity index (χ4v) is 3.36. The summed E-state index contributed by atoms with van der Waals surface area (Å²) in [6.07, 6.45) is 0. The predicted octanol–water partition coefficient (Wildman–Crippen LogP) is 3.97. The predicted molar refractivity (Wildman–Crippen MR) is 106 cm³/mol. The highest BCUT2D eigenvalue weighted by molar-refractivity contribution is 5.95. The Morgan fingerprint density at radius 2 is 1.39 bits per heavy atom. The van der Waals surface area contributed by atoms with Crippen molar-refractivity contribution in [3.63, 3.8) is 0 Å². The van der Waals surface area contributed by atoms with Crippen LogP contribution in [0.1, 0.15) is 0 Å². The Kier molecular flexibility index (Phi) is 3.42. The zero-order chi connectivity index (χ0) is 19.3. The highest BCUT2D eigenvalue weighted by atomic mass is 16.6. The van der Waals surface area contributed by atoms with Crippen LogP contribution < -0.4 is 5.56 Å². The van der Waals surface area contributed by atoms with Crippen LogP contribution in [0.4, 0.5) is 5.69 Å². The summed E-state index contributed by atoms with van der Waals surface area (Å²) in [6, 6.07) is 20.6. The van der Waals surface area contributed by atoms with Crippen molar-refractivity contribution in [1.82, 2.24) is 14.4 Å². The van der Waals surface area contributed by atoms with Gasteiger partial charge in [-0.1, -0.05) is 24.3 Å². The molecule has 5 rings (SSSR count). The zero-order valence-corrected chi connectivity index (χ0v) is 14.4. The molecule has 0 aliphatic heterocycles. The minimum Gasteiger partial charge on any atom is -0.268 e. The van der Waals surface area contributed by atoms with Gasteiger partial charge in [-0.15, -0.1) is 0 Å². The average Bonchev–Trinajstić information content (AvgIpc) is 2.73. The molecule has 3 aromatic carbocycles. The van der Waals surface area contributed by atoms with Crippen molar-refractivity contribution in [3.8, 4) is 11.4 Å². The van der Waals surface area contributed by atoms with Gasteiger partial charge in [0.05, 0.1) is 21.3 Å². The summed E-state index contributed by atoms with van der Waals surface area (Å²) in [7, 11) is 0. The van der Waals surface area contributed by atoms with E-state index in [9.17, 15) is 14.9 Å². The molecule has 0 saturated heterocycles. The molecule has 0 fully saturated rings. The SMILES string of the molecule is O=c1c2ccccc2nc2c3ccccc3nc(-c3ccc([N+](=O)[O-])cc3)n12. The summed E-state index contributed by atoms with van der Waals surface area (Å²) >= 11 is 0. The van der Waals surface area contributed by atoms with Gasteiger partial charge in [0.15, 0.2) is 5.65 Å². The van der Waals surface area contributed by atoms with Crippen molar-refractivity contribution < 1.29 is 4.92 Å². The highest BCUT2D eigenvalue weighted by Gasteiger charge is 2.16. The lowest BCUT2D eigenvalue weighted by Crippen LogP contribution is -2.18. The maximum Gasteiger partial charge on any atom is 0.269 e. The molecular formula is C21H12N4O3. The van der Waals surface area contributed by atoms with E-state index >= 15 is 0 Å². The number of nitro benzene ring substituents is 1. The van der Waals surface area contributed by atoms with Crippen LogP contribution >= 0.6 is 0 Å². The van der Waals surface area contributed by atoms with Gasteiger partial charge in [0.1, 0.15) is 5.82 Å². The molecule has 0 spiro atoms. The van der Waals surface area contributed by atoms with Crippen LogP contribution in [-0.2, 0) is 0 Å². The van der Waals surface area contributed by atoms with Crippen LogP contribution in [0.3, 0.4) is 0 Å². The highest BCUT2D eigenvalue weighted by Crippen LogP contribution is 2.26. The van der Waals surface area contributed by atoms with Crippen molar-refractivity contribution >= 4 is 33.1 Å².